The van der Waals surface area contributed by atoms with Crippen LogP contribution in [-0.4, -0.2) is 53.9 Å². The van der Waals surface area contributed by atoms with Crippen LogP contribution in [0, 0.1) is 5.92 Å². The molecule has 0 amide bonds. The van der Waals surface area contributed by atoms with Crippen LogP contribution in [0.2, 0.25) is 0 Å². The second kappa shape index (κ2) is 9.04. The fourth-order valence-corrected chi connectivity index (χ4v) is 4.35. The van der Waals surface area contributed by atoms with Crippen molar-refractivity contribution in [3.63, 3.8) is 0 Å². The molecule has 2 aromatic heterocycles. The number of anilines is 2. The molecule has 0 aliphatic heterocycles. The molecular formula is C24H31N5O2. The van der Waals surface area contributed by atoms with E-state index in [1.807, 2.05) is 44.4 Å². The molecule has 2 saturated carbocycles. The van der Waals surface area contributed by atoms with E-state index in [1.165, 1.54) is 19.3 Å². The van der Waals surface area contributed by atoms with Crippen LogP contribution in [0.1, 0.15) is 61.0 Å². The Kier molecular flexibility index (Phi) is 6.20. The van der Waals surface area contributed by atoms with Crippen molar-refractivity contribution in [1.29, 1.82) is 0 Å². The topological polar surface area (TPSA) is 90.7 Å². The molecule has 7 heteroatoms. The third-order valence-corrected chi connectivity index (χ3v) is 6.16. The number of hydrogen-bond acceptors (Lipinski definition) is 6. The molecule has 0 spiro atoms. The highest BCUT2D eigenvalue weighted by Gasteiger charge is 2.33. The Hall–Kier alpha value is -2.96. The molecule has 2 aliphatic carbocycles. The van der Waals surface area contributed by atoms with Gasteiger partial charge < -0.3 is 15.3 Å². The van der Waals surface area contributed by atoms with Gasteiger partial charge in [-0.2, -0.15) is 0 Å². The average Bonchev–Trinajstić information content (AvgIpc) is 3.61. The molecular weight excluding hydrogens is 390 g/mol. The molecule has 164 valence electrons. The minimum absolute atomic E-state index is 0.0417. The first-order valence-electron chi connectivity index (χ1n) is 11.1. The minimum Gasteiger partial charge on any atom is -0.477 e. The number of carboxylic acids is 1. The fourth-order valence-electron chi connectivity index (χ4n) is 4.35. The second-order valence-corrected chi connectivity index (χ2v) is 8.75. The van der Waals surface area contributed by atoms with Gasteiger partial charge in [0, 0.05) is 56.1 Å². The summed E-state index contributed by atoms with van der Waals surface area (Å²) in [7, 11) is 5.72. The second-order valence-electron chi connectivity index (χ2n) is 8.75. The largest absolute Gasteiger partial charge is 0.477 e. The maximum Gasteiger partial charge on any atom is 0.354 e. The van der Waals surface area contributed by atoms with E-state index in [-0.39, 0.29) is 5.69 Å². The lowest BCUT2D eigenvalue weighted by molar-refractivity contribution is 0.0690. The zero-order valence-corrected chi connectivity index (χ0v) is 18.6. The molecule has 0 atom stereocenters. The number of carbonyl (C=O) groups is 1. The van der Waals surface area contributed by atoms with Crippen molar-refractivity contribution in [2.24, 2.45) is 10.9 Å². The van der Waals surface area contributed by atoms with Gasteiger partial charge in [-0.15, -0.1) is 0 Å². The van der Waals surface area contributed by atoms with Crippen molar-refractivity contribution in [2.75, 3.05) is 31.4 Å². The Labute approximate surface area is 183 Å². The normalized spacial score (nSPS) is 17.5. The van der Waals surface area contributed by atoms with Gasteiger partial charge in [-0.1, -0.05) is 19.3 Å². The maximum atomic E-state index is 11.9. The summed E-state index contributed by atoms with van der Waals surface area (Å²) in [6.45, 7) is 0. The zero-order chi connectivity index (χ0) is 22.0. The minimum atomic E-state index is -1.03. The van der Waals surface area contributed by atoms with E-state index in [2.05, 4.69) is 20.3 Å². The molecule has 2 N–H and O–H groups in total. The number of carboxylic acid groups (broad SMARTS) is 1. The van der Waals surface area contributed by atoms with E-state index in [0.717, 1.165) is 53.9 Å². The molecule has 0 bridgehead atoms. The first-order valence-corrected chi connectivity index (χ1v) is 11.1. The monoisotopic (exact) mass is 421 g/mol. The van der Waals surface area contributed by atoms with Gasteiger partial charge in [0.05, 0.1) is 0 Å². The fraction of sp³-hybridized carbons (Fsp3) is 0.500. The molecule has 2 fully saturated rings. The standard InChI is InChI=1S/C24H31N5O2/c1-25-22(15-9-10-15)21-18(16-11-12-20(26-14-16)29(2)3)13-19(24(30)31)28-23(21)27-17-7-5-4-6-8-17/h11-15,17H,4-10H2,1-3H3,(H,27,28)(H,30,31). The van der Waals surface area contributed by atoms with E-state index in [9.17, 15) is 9.90 Å². The molecule has 0 radical (unpaired) electrons. The number of rotatable bonds is 7. The lowest BCUT2D eigenvalue weighted by Gasteiger charge is -2.26. The van der Waals surface area contributed by atoms with Crippen molar-refractivity contribution in [3.8, 4) is 11.1 Å². The van der Waals surface area contributed by atoms with Crippen LogP contribution in [0.5, 0.6) is 0 Å². The molecule has 7 nitrogen and oxygen atoms in total. The van der Waals surface area contributed by atoms with E-state index < -0.39 is 5.97 Å². The highest BCUT2D eigenvalue weighted by atomic mass is 16.4. The van der Waals surface area contributed by atoms with Crippen LogP contribution in [0.25, 0.3) is 11.1 Å². The molecule has 0 aromatic carbocycles. The smallest absolute Gasteiger partial charge is 0.354 e. The van der Waals surface area contributed by atoms with Gasteiger partial charge in [-0.25, -0.2) is 14.8 Å². The van der Waals surface area contributed by atoms with Crippen molar-refractivity contribution in [1.82, 2.24) is 9.97 Å². The summed E-state index contributed by atoms with van der Waals surface area (Å²) in [6, 6.07) is 5.93. The number of aliphatic imine (C=N–C) groups is 1. The van der Waals surface area contributed by atoms with Crippen LogP contribution in [0.3, 0.4) is 0 Å². The summed E-state index contributed by atoms with van der Waals surface area (Å²) in [5, 5.41) is 13.4. The summed E-state index contributed by atoms with van der Waals surface area (Å²) in [4.78, 5) is 27.6. The van der Waals surface area contributed by atoms with E-state index in [1.54, 1.807) is 6.07 Å². The van der Waals surface area contributed by atoms with E-state index >= 15 is 0 Å². The predicted octanol–water partition coefficient (Wildman–Crippen LogP) is 4.48. The van der Waals surface area contributed by atoms with Crippen molar-refractivity contribution in [3.05, 3.63) is 35.7 Å². The van der Waals surface area contributed by atoms with E-state index in [0.29, 0.717) is 17.8 Å². The number of nitrogens with zero attached hydrogens (tertiary/aromatic N) is 4. The van der Waals surface area contributed by atoms with Crippen LogP contribution in [-0.2, 0) is 0 Å². The molecule has 31 heavy (non-hydrogen) atoms. The van der Waals surface area contributed by atoms with Crippen LogP contribution in [0.15, 0.2) is 29.4 Å². The van der Waals surface area contributed by atoms with Crippen molar-refractivity contribution in [2.45, 2.75) is 51.0 Å². The Morgan fingerprint density at radius 2 is 1.90 bits per heavy atom. The summed E-state index contributed by atoms with van der Waals surface area (Å²) in [5.41, 5.74) is 3.68. The summed E-state index contributed by atoms with van der Waals surface area (Å²) in [5.74, 6) is 0.872. The van der Waals surface area contributed by atoms with Gasteiger partial charge in [-0.05, 0) is 49.4 Å². The zero-order valence-electron chi connectivity index (χ0n) is 18.6. The van der Waals surface area contributed by atoms with Crippen LogP contribution >= 0.6 is 0 Å². The Morgan fingerprint density at radius 3 is 2.45 bits per heavy atom. The molecule has 0 saturated heterocycles. The number of aromatic nitrogens is 2. The van der Waals surface area contributed by atoms with Gasteiger partial charge in [0.15, 0.2) is 5.69 Å². The first-order chi connectivity index (χ1) is 15.0. The predicted molar refractivity (Wildman–Crippen MR) is 124 cm³/mol. The van der Waals surface area contributed by atoms with Gasteiger partial charge >= 0.3 is 5.97 Å². The van der Waals surface area contributed by atoms with Crippen LogP contribution in [0.4, 0.5) is 11.6 Å². The third kappa shape index (κ3) is 4.70. The highest BCUT2D eigenvalue weighted by Crippen LogP contribution is 2.40. The Balaban J connectivity index is 1.86. The number of hydrogen-bond donors (Lipinski definition) is 2. The van der Waals surface area contributed by atoms with Gasteiger partial charge in [-0.3, -0.25) is 4.99 Å². The molecule has 0 unspecified atom stereocenters. The molecule has 2 aromatic rings. The lowest BCUT2D eigenvalue weighted by atomic mass is 9.92. The van der Waals surface area contributed by atoms with Gasteiger partial charge in [0.25, 0.3) is 0 Å². The maximum absolute atomic E-state index is 11.9. The molecule has 2 heterocycles. The average molecular weight is 422 g/mol. The van der Waals surface area contributed by atoms with Crippen molar-refractivity contribution < 1.29 is 9.90 Å². The van der Waals surface area contributed by atoms with Gasteiger partial charge in [0.1, 0.15) is 11.6 Å². The quantitative estimate of drug-likeness (QED) is 0.641. The van der Waals surface area contributed by atoms with Crippen molar-refractivity contribution >= 4 is 23.3 Å². The number of aromatic carboxylic acids is 1. The Bertz CT molecular complexity index is 974. The summed E-state index contributed by atoms with van der Waals surface area (Å²) < 4.78 is 0. The summed E-state index contributed by atoms with van der Waals surface area (Å²) >= 11 is 0. The molecule has 2 aliphatic rings. The highest BCUT2D eigenvalue weighted by molar-refractivity contribution is 6.12. The SMILES string of the molecule is CN=C(c1c(-c2ccc(N(C)C)nc2)cc(C(=O)O)nc1NC1CCCCC1)C1CC1. The number of nitrogens with one attached hydrogen (secondary N) is 1. The molecule has 4 rings (SSSR count). The van der Waals surface area contributed by atoms with Crippen LogP contribution < -0.4 is 10.2 Å². The third-order valence-electron chi connectivity index (χ3n) is 6.16. The first kappa shape index (κ1) is 21.3. The number of pyridine rings is 2. The van der Waals surface area contributed by atoms with Gasteiger partial charge in [0.2, 0.25) is 0 Å². The van der Waals surface area contributed by atoms with E-state index in [4.69, 9.17) is 0 Å². The summed E-state index contributed by atoms with van der Waals surface area (Å²) in [6.07, 6.45) is 9.80. The Morgan fingerprint density at radius 1 is 1.16 bits per heavy atom. The lowest BCUT2D eigenvalue weighted by Crippen LogP contribution is -2.25.